The predicted octanol–water partition coefficient (Wildman–Crippen LogP) is 3.93. The zero-order chi connectivity index (χ0) is 31.8. The molecule has 0 atom stereocenters. The normalized spacial score (nSPS) is 12.0. The standard InChI is InChI=1S/C25H27F3N6O8S/c1-4-32(34(37)31-42-16-41-18(3)35)13-14-40-24(36)30-43(38,39)21-11-9-20(10-12-21)33-22(15-23(29-33)25(26,27)28)19-7-5-17(2)6-8-19/h5-12,15H,4,13-14,16H2,1-3H3,(H,30,36)/b34-31-. The van der Waals surface area contributed by atoms with Gasteiger partial charge in [0.1, 0.15) is 13.2 Å². The van der Waals surface area contributed by atoms with Crippen LogP contribution >= 0.6 is 0 Å². The number of likely N-dealkylation sites (N-methyl/N-ethyl adjacent to an activating group) is 1. The summed E-state index contributed by atoms with van der Waals surface area (Å²) in [6.07, 6.45) is -6.06. The molecule has 43 heavy (non-hydrogen) atoms. The van der Waals surface area contributed by atoms with Gasteiger partial charge in [0.2, 0.25) is 5.28 Å². The largest absolute Gasteiger partial charge is 0.569 e. The number of hydrogen-bond acceptors (Lipinski definition) is 10. The maximum absolute atomic E-state index is 13.4. The summed E-state index contributed by atoms with van der Waals surface area (Å²) >= 11 is 0. The van der Waals surface area contributed by atoms with Crippen molar-refractivity contribution in [3.8, 4) is 16.9 Å². The van der Waals surface area contributed by atoms with E-state index in [2.05, 4.69) is 20.0 Å². The number of halogens is 3. The van der Waals surface area contributed by atoms with E-state index in [4.69, 9.17) is 4.74 Å². The molecule has 2 aromatic carbocycles. The van der Waals surface area contributed by atoms with E-state index in [1.165, 1.54) is 12.1 Å². The van der Waals surface area contributed by atoms with Gasteiger partial charge in [-0.25, -0.2) is 22.6 Å². The fraction of sp³-hybridized carbons (Fsp3) is 0.320. The van der Waals surface area contributed by atoms with Crippen LogP contribution < -0.4 is 4.72 Å². The highest BCUT2D eigenvalue weighted by molar-refractivity contribution is 7.90. The number of carbonyl (C=O) groups is 2. The fourth-order valence-corrected chi connectivity index (χ4v) is 4.34. The van der Waals surface area contributed by atoms with E-state index in [9.17, 15) is 36.4 Å². The summed E-state index contributed by atoms with van der Waals surface area (Å²) < 4.78 is 77.7. The van der Waals surface area contributed by atoms with E-state index >= 15 is 0 Å². The lowest BCUT2D eigenvalue weighted by molar-refractivity contribution is -0.711. The molecule has 0 spiro atoms. The second-order valence-corrected chi connectivity index (χ2v) is 10.4. The molecule has 232 valence electrons. The van der Waals surface area contributed by atoms with Crippen molar-refractivity contribution in [3.05, 3.63) is 71.1 Å². The third kappa shape index (κ3) is 9.06. The van der Waals surface area contributed by atoms with E-state index in [1.54, 1.807) is 35.9 Å². The number of hydrazine groups is 1. The fourth-order valence-electron chi connectivity index (χ4n) is 3.45. The second kappa shape index (κ2) is 13.9. The van der Waals surface area contributed by atoms with Crippen LogP contribution in [0, 0.1) is 12.1 Å². The van der Waals surface area contributed by atoms with Crippen LogP contribution in [0.25, 0.3) is 16.9 Å². The Morgan fingerprint density at radius 2 is 1.77 bits per heavy atom. The van der Waals surface area contributed by atoms with Crippen LogP contribution in [0.5, 0.6) is 0 Å². The van der Waals surface area contributed by atoms with Gasteiger partial charge < -0.3 is 19.5 Å². The molecule has 14 nitrogen and oxygen atoms in total. The summed E-state index contributed by atoms with van der Waals surface area (Å²) in [7, 11) is -4.44. The van der Waals surface area contributed by atoms with E-state index in [0.717, 1.165) is 40.4 Å². The molecule has 3 aromatic rings. The smallest absolute Gasteiger partial charge is 0.435 e. The SMILES string of the molecule is CCN(CCOC(=O)NS(=O)(=O)c1ccc(-n2nc(C(F)(F)F)cc2-c2ccc(C)cc2)cc1)/[N+]([O-])=N/OCOC(C)=O. The van der Waals surface area contributed by atoms with Gasteiger partial charge in [0, 0.05) is 12.5 Å². The number of nitrogens with zero attached hydrogens (tertiary/aromatic N) is 5. The summed E-state index contributed by atoms with van der Waals surface area (Å²) in [5.41, 5.74) is 0.497. The number of aryl methyl sites for hydroxylation is 1. The van der Waals surface area contributed by atoms with E-state index in [1.807, 2.05) is 6.92 Å². The molecule has 0 aliphatic carbocycles. The molecule has 1 amide bonds. The number of nitrogens with one attached hydrogen (secondary N) is 1. The molecular weight excluding hydrogens is 601 g/mol. The number of esters is 1. The Labute approximate surface area is 243 Å². The van der Waals surface area contributed by atoms with Gasteiger partial charge in [0.25, 0.3) is 16.8 Å². The molecule has 0 unspecified atom stereocenters. The first-order valence-corrected chi connectivity index (χ1v) is 13.9. The summed E-state index contributed by atoms with van der Waals surface area (Å²) in [5, 5.41) is 19.7. The van der Waals surface area contributed by atoms with Crippen molar-refractivity contribution in [1.29, 1.82) is 0 Å². The number of carbonyl (C=O) groups excluding carboxylic acids is 2. The Bertz CT molecular complexity index is 1560. The summed E-state index contributed by atoms with van der Waals surface area (Å²) in [4.78, 5) is 27.0. The molecule has 0 aliphatic rings. The number of hydrogen-bond donors (Lipinski definition) is 1. The molecule has 1 N–H and O–H groups in total. The van der Waals surface area contributed by atoms with Crippen molar-refractivity contribution in [3.63, 3.8) is 0 Å². The van der Waals surface area contributed by atoms with Crippen LogP contribution in [-0.2, 0) is 35.3 Å². The van der Waals surface area contributed by atoms with Crippen LogP contribution in [0.2, 0.25) is 0 Å². The molecule has 0 bridgehead atoms. The van der Waals surface area contributed by atoms with Gasteiger partial charge in [-0.15, -0.1) is 5.01 Å². The molecule has 0 saturated heterocycles. The van der Waals surface area contributed by atoms with Crippen LogP contribution in [0.1, 0.15) is 25.1 Å². The maximum atomic E-state index is 13.4. The number of sulfonamides is 1. The van der Waals surface area contributed by atoms with Crippen molar-refractivity contribution in [2.24, 2.45) is 5.28 Å². The lowest BCUT2D eigenvalue weighted by atomic mass is 10.1. The van der Waals surface area contributed by atoms with Gasteiger partial charge in [0.15, 0.2) is 5.69 Å². The summed E-state index contributed by atoms with van der Waals surface area (Å²) in [6.45, 7) is 3.44. The molecule has 0 saturated carbocycles. The van der Waals surface area contributed by atoms with Gasteiger partial charge in [-0.3, -0.25) is 4.79 Å². The van der Waals surface area contributed by atoms with E-state index in [-0.39, 0.29) is 34.3 Å². The minimum absolute atomic E-state index is 0.0323. The average molecular weight is 629 g/mol. The van der Waals surface area contributed by atoms with Gasteiger partial charge in [-0.1, -0.05) is 29.8 Å². The van der Waals surface area contributed by atoms with E-state index in [0.29, 0.717) is 5.56 Å². The molecule has 0 fully saturated rings. The molecular formula is C25H27F3N6O8S. The molecule has 18 heteroatoms. The third-order valence-corrected chi connectivity index (χ3v) is 6.92. The summed E-state index contributed by atoms with van der Waals surface area (Å²) in [6, 6.07) is 12.3. The Morgan fingerprint density at radius 1 is 1.12 bits per heavy atom. The van der Waals surface area contributed by atoms with Gasteiger partial charge in [-0.2, -0.15) is 18.3 Å². The quantitative estimate of drug-likeness (QED) is 0.0775. The third-order valence-electron chi connectivity index (χ3n) is 5.59. The van der Waals surface area contributed by atoms with Gasteiger partial charge in [-0.05, 0) is 44.2 Å². The number of alkyl halides is 3. The first-order valence-electron chi connectivity index (χ1n) is 12.4. The van der Waals surface area contributed by atoms with Crippen molar-refractivity contribution >= 4 is 22.1 Å². The Kier molecular flexibility index (Phi) is 10.5. The van der Waals surface area contributed by atoms with Crippen molar-refractivity contribution in [1.82, 2.24) is 19.5 Å². The molecule has 1 aromatic heterocycles. The Hall–Kier alpha value is -4.87. The molecule has 1 heterocycles. The first kappa shape index (κ1) is 32.6. The maximum Gasteiger partial charge on any atom is 0.435 e. The number of amides is 1. The van der Waals surface area contributed by atoms with Crippen LogP contribution in [-0.4, -0.2) is 66.7 Å². The topological polar surface area (TPSA) is 167 Å². The Balaban J connectivity index is 1.66. The molecule has 0 aliphatic heterocycles. The lowest BCUT2D eigenvalue weighted by Gasteiger charge is -2.16. The second-order valence-electron chi connectivity index (χ2n) is 8.69. The zero-order valence-corrected chi connectivity index (χ0v) is 23.9. The highest BCUT2D eigenvalue weighted by Crippen LogP contribution is 2.33. The van der Waals surface area contributed by atoms with Gasteiger partial charge >= 0.3 is 18.2 Å². The van der Waals surface area contributed by atoms with Crippen molar-refractivity contribution in [2.75, 3.05) is 26.5 Å². The van der Waals surface area contributed by atoms with Gasteiger partial charge in [0.05, 0.1) is 27.8 Å². The van der Waals surface area contributed by atoms with E-state index < -0.39 is 47.4 Å². The zero-order valence-electron chi connectivity index (χ0n) is 23.1. The Morgan fingerprint density at radius 3 is 2.35 bits per heavy atom. The van der Waals surface area contributed by atoms with Crippen LogP contribution in [0.3, 0.4) is 0 Å². The summed E-state index contributed by atoms with van der Waals surface area (Å²) in [5.74, 6) is -0.644. The monoisotopic (exact) mass is 628 g/mol. The number of rotatable bonds is 12. The number of benzene rings is 2. The lowest BCUT2D eigenvalue weighted by Crippen LogP contribution is -2.36. The molecule has 0 radical (unpaired) electrons. The van der Waals surface area contributed by atoms with Crippen LogP contribution in [0.4, 0.5) is 18.0 Å². The highest BCUT2D eigenvalue weighted by atomic mass is 32.2. The highest BCUT2D eigenvalue weighted by Gasteiger charge is 2.35. The average Bonchev–Trinajstić information content (AvgIpc) is 3.40. The number of aromatic nitrogens is 2. The first-order chi connectivity index (χ1) is 20.2. The number of ether oxygens (including phenoxy) is 2. The van der Waals surface area contributed by atoms with Crippen molar-refractivity contribution in [2.45, 2.75) is 31.8 Å². The van der Waals surface area contributed by atoms with Crippen molar-refractivity contribution < 1.29 is 50.5 Å². The minimum atomic E-state index is -4.72. The minimum Gasteiger partial charge on any atom is -0.569 e. The van der Waals surface area contributed by atoms with Crippen LogP contribution in [0.15, 0.2) is 64.8 Å². The predicted molar refractivity (Wildman–Crippen MR) is 141 cm³/mol. The molecule has 3 rings (SSSR count).